The smallest absolute Gasteiger partial charge is 0.192 e. The summed E-state index contributed by atoms with van der Waals surface area (Å²) in [6.45, 7) is 13.7. The Bertz CT molecular complexity index is 173. The Morgan fingerprint density at radius 2 is 1.86 bits per heavy atom. The van der Waals surface area contributed by atoms with E-state index in [1.54, 1.807) is 0 Å². The van der Waals surface area contributed by atoms with Crippen LogP contribution in [-0.2, 0) is 4.43 Å². The van der Waals surface area contributed by atoms with Crippen molar-refractivity contribution in [3.8, 4) is 0 Å². The largest absolute Gasteiger partial charge is 0.413 e. The third-order valence-electron chi connectivity index (χ3n) is 3.28. The summed E-state index contributed by atoms with van der Waals surface area (Å²) in [6, 6.07) is 0. The first-order chi connectivity index (χ1) is 5.83. The Balaban J connectivity index is 0.00000169. The molecule has 1 atom stereocenters. The van der Waals surface area contributed by atoms with Gasteiger partial charge in [-0.3, -0.25) is 0 Å². The van der Waals surface area contributed by atoms with Crippen molar-refractivity contribution in [1.82, 2.24) is 5.32 Å². The molecule has 0 amide bonds. The molecule has 1 aliphatic heterocycles. The van der Waals surface area contributed by atoms with Crippen molar-refractivity contribution in [1.29, 1.82) is 0 Å². The zero-order chi connectivity index (χ0) is 10.1. The molecule has 1 aliphatic rings. The molecule has 1 unspecified atom stereocenters. The lowest BCUT2D eigenvalue weighted by atomic mass is 10.2. The molecule has 0 aromatic heterocycles. The fourth-order valence-electron chi connectivity index (χ4n) is 1.32. The van der Waals surface area contributed by atoms with E-state index in [-0.39, 0.29) is 12.4 Å². The van der Waals surface area contributed by atoms with Gasteiger partial charge in [0.25, 0.3) is 0 Å². The molecule has 1 saturated heterocycles. The molecule has 1 fully saturated rings. The van der Waals surface area contributed by atoms with E-state index in [0.29, 0.717) is 11.1 Å². The van der Waals surface area contributed by atoms with Gasteiger partial charge in [0.05, 0.1) is 6.10 Å². The minimum Gasteiger partial charge on any atom is -0.413 e. The first-order valence-corrected chi connectivity index (χ1v) is 8.12. The van der Waals surface area contributed by atoms with Crippen LogP contribution >= 0.6 is 12.4 Å². The molecule has 14 heavy (non-hydrogen) atoms. The van der Waals surface area contributed by atoms with Gasteiger partial charge in [0.2, 0.25) is 0 Å². The van der Waals surface area contributed by atoms with E-state index in [1.165, 1.54) is 6.42 Å². The molecule has 1 N–H and O–H groups in total. The Labute approximate surface area is 95.3 Å². The first-order valence-electron chi connectivity index (χ1n) is 5.21. The number of hydrogen-bond donors (Lipinski definition) is 1. The van der Waals surface area contributed by atoms with Gasteiger partial charge in [0.15, 0.2) is 8.32 Å². The average molecular weight is 238 g/mol. The van der Waals surface area contributed by atoms with Gasteiger partial charge in [-0.2, -0.15) is 0 Å². The maximum atomic E-state index is 6.24. The van der Waals surface area contributed by atoms with Gasteiger partial charge in [-0.1, -0.05) is 20.8 Å². The number of hydrogen-bond acceptors (Lipinski definition) is 2. The van der Waals surface area contributed by atoms with Gasteiger partial charge in [0, 0.05) is 6.54 Å². The van der Waals surface area contributed by atoms with Crippen LogP contribution in [0.4, 0.5) is 0 Å². The summed E-state index contributed by atoms with van der Waals surface area (Å²) in [6.07, 6.45) is 1.66. The maximum Gasteiger partial charge on any atom is 0.192 e. The highest BCUT2D eigenvalue weighted by Gasteiger charge is 2.39. The van der Waals surface area contributed by atoms with Crippen LogP contribution < -0.4 is 5.32 Å². The van der Waals surface area contributed by atoms with E-state index in [2.05, 4.69) is 39.2 Å². The van der Waals surface area contributed by atoms with Crippen LogP contribution in [0.5, 0.6) is 0 Å². The minimum atomic E-state index is -1.51. The summed E-state index contributed by atoms with van der Waals surface area (Å²) >= 11 is 0. The van der Waals surface area contributed by atoms with Gasteiger partial charge >= 0.3 is 0 Å². The predicted molar refractivity (Wildman–Crippen MR) is 66.8 cm³/mol. The summed E-state index contributed by atoms with van der Waals surface area (Å²) < 4.78 is 6.24. The van der Waals surface area contributed by atoms with Crippen molar-refractivity contribution >= 4 is 20.7 Å². The number of nitrogens with one attached hydrogen (secondary N) is 1. The summed E-state index contributed by atoms with van der Waals surface area (Å²) in [4.78, 5) is 0. The van der Waals surface area contributed by atoms with Crippen molar-refractivity contribution in [3.63, 3.8) is 0 Å². The van der Waals surface area contributed by atoms with Crippen LogP contribution in [0.2, 0.25) is 18.1 Å². The third-order valence-corrected chi connectivity index (χ3v) is 7.82. The number of rotatable bonds is 2. The molecular weight excluding hydrogens is 214 g/mol. The Morgan fingerprint density at radius 1 is 1.29 bits per heavy atom. The van der Waals surface area contributed by atoms with Crippen molar-refractivity contribution in [2.45, 2.75) is 51.4 Å². The monoisotopic (exact) mass is 237 g/mol. The van der Waals surface area contributed by atoms with Crippen LogP contribution in [-0.4, -0.2) is 27.5 Å². The third kappa shape index (κ3) is 3.53. The molecule has 0 radical (unpaired) electrons. The number of halogens is 1. The van der Waals surface area contributed by atoms with Crippen molar-refractivity contribution in [2.24, 2.45) is 0 Å². The minimum absolute atomic E-state index is 0. The lowest BCUT2D eigenvalue weighted by molar-refractivity contribution is 0.200. The van der Waals surface area contributed by atoms with Crippen LogP contribution in [0, 0.1) is 0 Å². The zero-order valence-corrected chi connectivity index (χ0v) is 11.8. The van der Waals surface area contributed by atoms with Gasteiger partial charge in [-0.15, -0.1) is 12.4 Å². The molecule has 0 spiro atoms. The molecule has 0 aromatic rings. The van der Waals surface area contributed by atoms with E-state index in [0.717, 1.165) is 13.1 Å². The Morgan fingerprint density at radius 3 is 2.21 bits per heavy atom. The first kappa shape index (κ1) is 14.4. The second-order valence-corrected chi connectivity index (χ2v) is 10.2. The topological polar surface area (TPSA) is 21.3 Å². The van der Waals surface area contributed by atoms with E-state index in [1.807, 2.05) is 0 Å². The fourth-order valence-corrected chi connectivity index (χ4v) is 2.71. The van der Waals surface area contributed by atoms with E-state index < -0.39 is 8.32 Å². The second kappa shape index (κ2) is 4.97. The normalized spacial score (nSPS) is 23.4. The summed E-state index contributed by atoms with van der Waals surface area (Å²) in [7, 11) is -1.51. The van der Waals surface area contributed by atoms with Crippen molar-refractivity contribution < 1.29 is 4.43 Å². The lowest BCUT2D eigenvalue weighted by Gasteiger charge is -2.38. The highest BCUT2D eigenvalue weighted by molar-refractivity contribution is 6.74. The average Bonchev–Trinajstić information content (AvgIpc) is 2.35. The molecule has 0 bridgehead atoms. The molecule has 1 rings (SSSR count). The zero-order valence-electron chi connectivity index (χ0n) is 10.0. The summed E-state index contributed by atoms with van der Waals surface area (Å²) in [5, 5.41) is 3.69. The quantitative estimate of drug-likeness (QED) is 0.746. The van der Waals surface area contributed by atoms with Gasteiger partial charge in [-0.25, -0.2) is 0 Å². The molecule has 0 aliphatic carbocycles. The molecule has 86 valence electrons. The highest BCUT2D eigenvalue weighted by Crippen LogP contribution is 2.37. The van der Waals surface area contributed by atoms with Crippen LogP contribution in [0.3, 0.4) is 0 Å². The molecule has 2 nitrogen and oxygen atoms in total. The van der Waals surface area contributed by atoms with Gasteiger partial charge < -0.3 is 9.74 Å². The summed E-state index contributed by atoms with van der Waals surface area (Å²) in [5.74, 6) is 0. The second-order valence-electron chi connectivity index (χ2n) is 5.49. The fraction of sp³-hybridized carbons (Fsp3) is 1.00. The molecule has 4 heteroatoms. The van der Waals surface area contributed by atoms with E-state index in [9.17, 15) is 0 Å². The molecule has 0 saturated carbocycles. The Hall–Kier alpha value is 0.427. The standard InChI is InChI=1S/C10H23NOSi.ClH/c1-10(2,3)13(4,5)12-9-6-7-11-8-9;/h9,11H,6-8H2,1-5H3;1H. The van der Waals surface area contributed by atoms with Crippen molar-refractivity contribution in [2.75, 3.05) is 13.1 Å². The summed E-state index contributed by atoms with van der Waals surface area (Å²) in [5.41, 5.74) is 0. The SMILES string of the molecule is CC(C)(C)[Si](C)(C)OC1CCNC1.Cl. The van der Waals surface area contributed by atoms with E-state index in [4.69, 9.17) is 4.43 Å². The lowest BCUT2D eigenvalue weighted by Crippen LogP contribution is -2.44. The van der Waals surface area contributed by atoms with E-state index >= 15 is 0 Å². The van der Waals surface area contributed by atoms with Crippen LogP contribution in [0.25, 0.3) is 0 Å². The van der Waals surface area contributed by atoms with Gasteiger partial charge in [-0.05, 0) is 31.1 Å². The van der Waals surface area contributed by atoms with Crippen LogP contribution in [0.15, 0.2) is 0 Å². The molecular formula is C10H24ClNOSi. The highest BCUT2D eigenvalue weighted by atomic mass is 35.5. The predicted octanol–water partition coefficient (Wildman–Crippen LogP) is 2.79. The van der Waals surface area contributed by atoms with Gasteiger partial charge in [0.1, 0.15) is 0 Å². The van der Waals surface area contributed by atoms with Crippen molar-refractivity contribution in [3.05, 3.63) is 0 Å². The molecule has 0 aromatic carbocycles. The van der Waals surface area contributed by atoms with Crippen LogP contribution in [0.1, 0.15) is 27.2 Å². The maximum absolute atomic E-state index is 6.24. The molecule has 1 heterocycles. The Kier molecular flexibility index (Phi) is 5.12.